The first kappa shape index (κ1) is 49.4. The van der Waals surface area contributed by atoms with Crippen LogP contribution in [0.1, 0.15) is 22.3 Å². The van der Waals surface area contributed by atoms with Gasteiger partial charge in [0, 0.05) is 45.5 Å². The molecule has 0 unspecified atom stereocenters. The molecule has 2 heterocycles. The van der Waals surface area contributed by atoms with E-state index in [1.165, 1.54) is 60.9 Å². The van der Waals surface area contributed by atoms with Gasteiger partial charge in [-0.05, 0) is 145 Å². The summed E-state index contributed by atoms with van der Waals surface area (Å²) in [6.07, 6.45) is 0. The van der Waals surface area contributed by atoms with Crippen molar-refractivity contribution in [1.29, 1.82) is 0 Å². The van der Waals surface area contributed by atoms with Crippen LogP contribution in [0.4, 0.5) is 51.2 Å². The Balaban J connectivity index is 1.04. The smallest absolute Gasteiger partial charge is 0.252 e. The molecular formula is C79H56BN3. The van der Waals surface area contributed by atoms with E-state index in [2.05, 4.69) is 354 Å². The van der Waals surface area contributed by atoms with Crippen LogP contribution in [-0.4, -0.2) is 6.71 Å². The summed E-state index contributed by atoms with van der Waals surface area (Å²) in [5, 5.41) is 0. The molecule has 13 aromatic rings. The zero-order valence-corrected chi connectivity index (χ0v) is 45.8. The van der Waals surface area contributed by atoms with E-state index in [4.69, 9.17) is 0 Å². The van der Waals surface area contributed by atoms with Crippen molar-refractivity contribution in [3.63, 3.8) is 0 Å². The van der Waals surface area contributed by atoms with E-state index >= 15 is 0 Å². The van der Waals surface area contributed by atoms with Crippen molar-refractivity contribution in [2.24, 2.45) is 0 Å². The van der Waals surface area contributed by atoms with E-state index in [0.717, 1.165) is 62.3 Å². The quantitative estimate of drug-likeness (QED) is 0.0892. The summed E-state index contributed by atoms with van der Waals surface area (Å²) in [4.78, 5) is 7.54. The maximum absolute atomic E-state index is 2.57. The fourth-order valence-electron chi connectivity index (χ4n) is 13.3. The normalized spacial score (nSPS) is 12.3. The molecule has 0 N–H and O–H groups in total. The van der Waals surface area contributed by atoms with Gasteiger partial charge in [0.1, 0.15) is 0 Å². The van der Waals surface area contributed by atoms with Crippen LogP contribution < -0.4 is 31.1 Å². The van der Waals surface area contributed by atoms with Crippen molar-refractivity contribution in [1.82, 2.24) is 0 Å². The Hall–Kier alpha value is -10.7. The third-order valence-electron chi connectivity index (χ3n) is 16.9. The van der Waals surface area contributed by atoms with Crippen LogP contribution in [-0.2, 0) is 5.41 Å². The fraction of sp³-hybridized carbons (Fsp3) is 0.0127. The number of hydrogen-bond donors (Lipinski definition) is 0. The number of rotatable bonds is 12. The van der Waals surface area contributed by atoms with Crippen LogP contribution in [0, 0.1) is 0 Å². The van der Waals surface area contributed by atoms with Crippen molar-refractivity contribution in [3.8, 4) is 33.4 Å². The Morgan fingerprint density at radius 2 is 0.590 bits per heavy atom. The molecule has 83 heavy (non-hydrogen) atoms. The van der Waals surface area contributed by atoms with Gasteiger partial charge >= 0.3 is 0 Å². The monoisotopic (exact) mass is 1060 g/mol. The molecule has 0 bridgehead atoms. The van der Waals surface area contributed by atoms with Gasteiger partial charge in [0.15, 0.2) is 0 Å². The van der Waals surface area contributed by atoms with Crippen LogP contribution in [0.3, 0.4) is 0 Å². The van der Waals surface area contributed by atoms with E-state index in [1.54, 1.807) is 0 Å². The Kier molecular flexibility index (Phi) is 12.5. The number of anilines is 9. The second kappa shape index (κ2) is 21.1. The Labute approximate surface area is 487 Å². The number of hydrogen-bond acceptors (Lipinski definition) is 3. The third kappa shape index (κ3) is 8.63. The van der Waals surface area contributed by atoms with Crippen LogP contribution in [0.5, 0.6) is 0 Å². The lowest BCUT2D eigenvalue weighted by Gasteiger charge is -2.45. The summed E-state index contributed by atoms with van der Waals surface area (Å²) in [5.41, 5.74) is 24.8. The van der Waals surface area contributed by atoms with Gasteiger partial charge in [-0.1, -0.05) is 267 Å². The Bertz CT molecular complexity index is 4270. The average molecular weight is 1060 g/mol. The van der Waals surface area contributed by atoms with Gasteiger partial charge in [0.2, 0.25) is 0 Å². The summed E-state index contributed by atoms with van der Waals surface area (Å²) in [7, 11) is 0. The molecule has 2 aliphatic rings. The number of benzene rings is 13. The number of nitrogens with zero attached hydrogens (tertiary/aromatic N) is 3. The molecule has 390 valence electrons. The highest BCUT2D eigenvalue weighted by Gasteiger charge is 2.45. The molecule has 0 spiro atoms. The van der Waals surface area contributed by atoms with E-state index < -0.39 is 5.41 Å². The van der Waals surface area contributed by atoms with Crippen molar-refractivity contribution < 1.29 is 0 Å². The van der Waals surface area contributed by atoms with E-state index in [1.807, 2.05) is 0 Å². The molecule has 2 aliphatic heterocycles. The van der Waals surface area contributed by atoms with Crippen LogP contribution in [0.2, 0.25) is 0 Å². The van der Waals surface area contributed by atoms with Crippen molar-refractivity contribution >= 4 is 74.3 Å². The lowest BCUT2D eigenvalue weighted by atomic mass is 9.33. The fourth-order valence-corrected chi connectivity index (χ4v) is 13.3. The molecule has 0 amide bonds. The predicted octanol–water partition coefficient (Wildman–Crippen LogP) is 18.6. The van der Waals surface area contributed by atoms with Crippen LogP contribution in [0.25, 0.3) is 33.4 Å². The summed E-state index contributed by atoms with van der Waals surface area (Å²) in [5.74, 6) is 0. The maximum Gasteiger partial charge on any atom is 0.252 e. The summed E-state index contributed by atoms with van der Waals surface area (Å²) >= 11 is 0. The molecule has 13 aromatic carbocycles. The zero-order valence-electron chi connectivity index (χ0n) is 45.8. The SMILES string of the molecule is c1ccc(-c2cccc(N3c4cc(-c5ccccc5)ccc4B4c5ccc(-c6ccccc6)cc5N(c5ccc(C(c6ccccc6)(c6ccccc6)c6ccccc6)cc5)c5cc(N(c6ccccc6)c6ccccc6)cc3c54)c2)cc1. The molecule has 0 radical (unpaired) electrons. The molecular weight excluding hydrogens is 1000 g/mol. The van der Waals surface area contributed by atoms with Crippen molar-refractivity contribution in [2.45, 2.75) is 5.41 Å². The zero-order chi connectivity index (χ0) is 55.1. The minimum absolute atomic E-state index is 0.124. The first-order valence-electron chi connectivity index (χ1n) is 28.7. The van der Waals surface area contributed by atoms with Gasteiger partial charge in [-0.2, -0.15) is 0 Å². The standard InChI is InChI=1S/C79H56BN3/c1-9-26-57(27-10-1)60-32-25-43-70(52-60)83-75-54-62(59-30-13-3-14-31-59)45-51-73(75)80-72-50-44-61(58-28-11-2-12-29-58)53-74(72)82(76-55-71(56-77(83)78(76)80)81(67-39-21-7-22-40-67)68-41-23-8-24-42-68)69-48-46-66(47-49-69)79(63-33-15-4-16-34-63,64-35-17-5-18-36-64)65-37-19-6-20-38-65/h1-56H. The highest BCUT2D eigenvalue weighted by Crippen LogP contribution is 2.51. The van der Waals surface area contributed by atoms with Gasteiger partial charge < -0.3 is 14.7 Å². The van der Waals surface area contributed by atoms with E-state index in [-0.39, 0.29) is 6.71 Å². The minimum Gasteiger partial charge on any atom is -0.311 e. The summed E-state index contributed by atoms with van der Waals surface area (Å²) in [6.45, 7) is -0.124. The van der Waals surface area contributed by atoms with E-state index in [9.17, 15) is 0 Å². The first-order chi connectivity index (χ1) is 41.2. The van der Waals surface area contributed by atoms with Gasteiger partial charge in [-0.25, -0.2) is 0 Å². The average Bonchev–Trinajstić information content (AvgIpc) is 2.23. The van der Waals surface area contributed by atoms with Crippen molar-refractivity contribution in [2.75, 3.05) is 14.7 Å². The molecule has 15 rings (SSSR count). The number of fused-ring (bicyclic) bond motifs is 4. The first-order valence-corrected chi connectivity index (χ1v) is 28.7. The largest absolute Gasteiger partial charge is 0.311 e. The number of para-hydroxylation sites is 2. The highest BCUT2D eigenvalue weighted by atomic mass is 15.2. The van der Waals surface area contributed by atoms with Crippen LogP contribution in [0.15, 0.2) is 340 Å². The molecule has 0 saturated carbocycles. The molecule has 3 nitrogen and oxygen atoms in total. The summed E-state index contributed by atoms with van der Waals surface area (Å²) in [6, 6.07) is 125. The topological polar surface area (TPSA) is 9.72 Å². The lowest BCUT2D eigenvalue weighted by molar-refractivity contribution is 0.745. The van der Waals surface area contributed by atoms with E-state index in [0.29, 0.717) is 0 Å². The molecule has 0 aliphatic carbocycles. The van der Waals surface area contributed by atoms with Gasteiger partial charge in [0.05, 0.1) is 11.1 Å². The third-order valence-corrected chi connectivity index (χ3v) is 16.9. The Morgan fingerprint density at radius 1 is 0.241 bits per heavy atom. The molecule has 0 saturated heterocycles. The predicted molar refractivity (Wildman–Crippen MR) is 350 cm³/mol. The van der Waals surface area contributed by atoms with Crippen LogP contribution >= 0.6 is 0 Å². The molecule has 0 aromatic heterocycles. The second-order valence-corrected chi connectivity index (χ2v) is 21.6. The summed E-state index contributed by atoms with van der Waals surface area (Å²) < 4.78 is 0. The minimum atomic E-state index is -0.615. The van der Waals surface area contributed by atoms with Gasteiger partial charge in [-0.3, -0.25) is 0 Å². The van der Waals surface area contributed by atoms with Gasteiger partial charge in [-0.15, -0.1) is 0 Å². The Morgan fingerprint density at radius 3 is 1.01 bits per heavy atom. The van der Waals surface area contributed by atoms with Crippen molar-refractivity contribution in [3.05, 3.63) is 362 Å². The maximum atomic E-state index is 2.57. The molecule has 4 heteroatoms. The highest BCUT2D eigenvalue weighted by molar-refractivity contribution is 7.00. The molecule has 0 atom stereocenters. The lowest BCUT2D eigenvalue weighted by Crippen LogP contribution is -2.61. The van der Waals surface area contributed by atoms with Gasteiger partial charge in [0.25, 0.3) is 6.71 Å². The molecule has 0 fully saturated rings. The second-order valence-electron chi connectivity index (χ2n) is 21.6.